The van der Waals surface area contributed by atoms with Gasteiger partial charge in [0.1, 0.15) is 11.6 Å². The van der Waals surface area contributed by atoms with E-state index in [-0.39, 0.29) is 17.7 Å². The molecule has 0 aliphatic heterocycles. The Morgan fingerprint density at radius 2 is 2.13 bits per heavy atom. The van der Waals surface area contributed by atoms with Gasteiger partial charge in [-0.2, -0.15) is 5.10 Å². The Balaban J connectivity index is 1.40. The third-order valence-corrected chi connectivity index (χ3v) is 5.59. The van der Waals surface area contributed by atoms with Crippen LogP contribution in [0.5, 0.6) is 0 Å². The van der Waals surface area contributed by atoms with Gasteiger partial charge in [0.25, 0.3) is 0 Å². The Bertz CT molecular complexity index is 1280. The van der Waals surface area contributed by atoms with E-state index in [4.69, 9.17) is 5.73 Å². The molecule has 0 saturated heterocycles. The minimum atomic E-state index is -0.0530. The quantitative estimate of drug-likeness (QED) is 0.545. The summed E-state index contributed by atoms with van der Waals surface area (Å²) in [4.78, 5) is 25.7. The summed E-state index contributed by atoms with van der Waals surface area (Å²) in [6.07, 6.45) is 9.79. The molecule has 4 heterocycles. The molecule has 1 saturated carbocycles. The van der Waals surface area contributed by atoms with Crippen LogP contribution in [0.3, 0.4) is 0 Å². The third-order valence-electron chi connectivity index (χ3n) is 5.59. The lowest BCUT2D eigenvalue weighted by Gasteiger charge is -2.10. The van der Waals surface area contributed by atoms with Crippen LogP contribution < -0.4 is 11.1 Å². The van der Waals surface area contributed by atoms with Crippen LogP contribution in [0, 0.1) is 12.8 Å². The second kappa shape index (κ2) is 6.91. The third kappa shape index (κ3) is 3.26. The molecule has 8 heteroatoms. The molecule has 1 amide bonds. The summed E-state index contributed by atoms with van der Waals surface area (Å²) in [5.74, 6) is 1.04. The Morgan fingerprint density at radius 3 is 2.90 bits per heavy atom. The van der Waals surface area contributed by atoms with Crippen LogP contribution in [0.1, 0.15) is 23.5 Å². The number of hydrogen-bond acceptors (Lipinski definition) is 6. The highest BCUT2D eigenvalue weighted by Crippen LogP contribution is 2.47. The first-order chi connectivity index (χ1) is 14.5. The number of aryl methyl sites for hydroxylation is 2. The first-order valence-corrected chi connectivity index (χ1v) is 9.76. The maximum Gasteiger partial charge on any atom is 0.229 e. The zero-order valence-corrected chi connectivity index (χ0v) is 16.7. The van der Waals surface area contributed by atoms with Gasteiger partial charge in [-0.1, -0.05) is 0 Å². The molecule has 3 N–H and O–H groups in total. The van der Waals surface area contributed by atoms with Crippen molar-refractivity contribution in [2.24, 2.45) is 13.0 Å². The number of carbonyl (C=O) groups excluding carboxylic acids is 1. The number of fused-ring (bicyclic) bond motifs is 1. The Labute approximate surface area is 173 Å². The number of carbonyl (C=O) groups is 1. The molecule has 30 heavy (non-hydrogen) atoms. The topological polar surface area (TPSA) is 112 Å². The predicted molar refractivity (Wildman–Crippen MR) is 115 cm³/mol. The minimum absolute atomic E-state index is 0.0268. The number of anilines is 2. The predicted octanol–water partition coefficient (Wildman–Crippen LogP) is 3.06. The van der Waals surface area contributed by atoms with E-state index in [0.717, 1.165) is 39.6 Å². The number of hydrogen-bond donors (Lipinski definition) is 2. The number of amides is 1. The molecule has 0 unspecified atom stereocenters. The Hall–Kier alpha value is -3.81. The summed E-state index contributed by atoms with van der Waals surface area (Å²) >= 11 is 0. The lowest BCUT2D eigenvalue weighted by Crippen LogP contribution is -2.15. The van der Waals surface area contributed by atoms with E-state index in [0.29, 0.717) is 11.6 Å². The van der Waals surface area contributed by atoms with Crippen LogP contribution in [0.2, 0.25) is 0 Å². The van der Waals surface area contributed by atoms with Crippen molar-refractivity contribution in [3.8, 4) is 11.3 Å². The summed E-state index contributed by atoms with van der Waals surface area (Å²) < 4.78 is 1.76. The zero-order chi connectivity index (χ0) is 20.8. The van der Waals surface area contributed by atoms with Crippen LogP contribution in [-0.4, -0.2) is 30.6 Å². The molecular formula is C22H21N7O. The maximum absolute atomic E-state index is 12.7. The lowest BCUT2D eigenvalue weighted by atomic mass is 10.1. The molecule has 1 aliphatic carbocycles. The van der Waals surface area contributed by atoms with E-state index >= 15 is 0 Å². The van der Waals surface area contributed by atoms with E-state index in [1.807, 2.05) is 44.6 Å². The minimum Gasteiger partial charge on any atom is -0.383 e. The van der Waals surface area contributed by atoms with Crippen LogP contribution in [-0.2, 0) is 11.8 Å². The average Bonchev–Trinajstić information content (AvgIpc) is 3.42. The van der Waals surface area contributed by atoms with Gasteiger partial charge in [0.05, 0.1) is 11.9 Å². The number of aromatic nitrogens is 5. The second-order valence-corrected chi connectivity index (χ2v) is 7.76. The van der Waals surface area contributed by atoms with Crippen molar-refractivity contribution in [1.82, 2.24) is 24.7 Å². The van der Waals surface area contributed by atoms with Gasteiger partial charge in [-0.05, 0) is 54.0 Å². The molecule has 0 spiro atoms. The van der Waals surface area contributed by atoms with Gasteiger partial charge in [-0.3, -0.25) is 14.5 Å². The lowest BCUT2D eigenvalue weighted by molar-refractivity contribution is -0.117. The van der Waals surface area contributed by atoms with Gasteiger partial charge in [-0.15, -0.1) is 0 Å². The van der Waals surface area contributed by atoms with Crippen LogP contribution >= 0.6 is 0 Å². The average molecular weight is 399 g/mol. The highest BCUT2D eigenvalue weighted by molar-refractivity contribution is 5.98. The summed E-state index contributed by atoms with van der Waals surface area (Å²) in [5.41, 5.74) is 10.00. The summed E-state index contributed by atoms with van der Waals surface area (Å²) in [6.45, 7) is 2.01. The van der Waals surface area contributed by atoms with Gasteiger partial charge in [-0.25, -0.2) is 9.97 Å². The fourth-order valence-corrected chi connectivity index (χ4v) is 3.82. The number of nitrogens with one attached hydrogen (secondary N) is 1. The smallest absolute Gasteiger partial charge is 0.229 e. The second-order valence-electron chi connectivity index (χ2n) is 7.76. The molecule has 2 atom stereocenters. The van der Waals surface area contributed by atoms with Gasteiger partial charge in [0.15, 0.2) is 0 Å². The van der Waals surface area contributed by atoms with E-state index in [9.17, 15) is 4.79 Å². The molecule has 4 aromatic rings. The van der Waals surface area contributed by atoms with Crippen LogP contribution in [0.4, 0.5) is 11.6 Å². The van der Waals surface area contributed by atoms with Crippen molar-refractivity contribution >= 4 is 28.3 Å². The molecule has 5 rings (SSSR count). The van der Waals surface area contributed by atoms with E-state index < -0.39 is 0 Å². The maximum atomic E-state index is 12.7. The first kappa shape index (κ1) is 18.2. The number of rotatable bonds is 4. The van der Waals surface area contributed by atoms with Gasteiger partial charge < -0.3 is 11.1 Å². The summed E-state index contributed by atoms with van der Waals surface area (Å²) in [6, 6.07) is 5.72. The molecule has 8 nitrogen and oxygen atoms in total. The van der Waals surface area contributed by atoms with Gasteiger partial charge >= 0.3 is 0 Å². The van der Waals surface area contributed by atoms with Gasteiger partial charge in [0.2, 0.25) is 5.91 Å². The normalized spacial score (nSPS) is 17.8. The highest BCUT2D eigenvalue weighted by atomic mass is 16.2. The standard InChI is InChI=1S/C22H21N7O/c1-12-3-4-24-9-17(12)19-5-13-6-20(25-10-18(13)21(23)27-19)28-22(30)16-7-15(16)14-8-26-29(2)11-14/h3-6,8-11,15-16H,7H2,1-2H3,(H2,23,27)(H,25,28,30)/t15-,16+/m0/s1. The van der Waals surface area contributed by atoms with E-state index in [2.05, 4.69) is 25.4 Å². The van der Waals surface area contributed by atoms with Crippen molar-refractivity contribution in [2.75, 3.05) is 11.1 Å². The monoisotopic (exact) mass is 399 g/mol. The molecule has 1 fully saturated rings. The molecule has 1 aliphatic rings. The van der Waals surface area contributed by atoms with Crippen molar-refractivity contribution in [1.29, 1.82) is 0 Å². The number of nitrogens with two attached hydrogens (primary N) is 1. The first-order valence-electron chi connectivity index (χ1n) is 9.76. The van der Waals surface area contributed by atoms with Gasteiger partial charge in [0, 0.05) is 48.7 Å². The van der Waals surface area contributed by atoms with Crippen molar-refractivity contribution in [2.45, 2.75) is 19.3 Å². The number of pyridine rings is 3. The highest BCUT2D eigenvalue weighted by Gasteiger charge is 2.44. The molecule has 4 aromatic heterocycles. The Morgan fingerprint density at radius 1 is 1.27 bits per heavy atom. The largest absolute Gasteiger partial charge is 0.383 e. The summed E-state index contributed by atoms with van der Waals surface area (Å²) in [7, 11) is 1.88. The SMILES string of the molecule is Cc1ccncc1-c1cc2cc(NC(=O)[C@@H]3C[C@H]3c3cnn(C)c3)ncc2c(N)n1. The van der Waals surface area contributed by atoms with Crippen molar-refractivity contribution < 1.29 is 4.79 Å². The number of nitrogens with zero attached hydrogens (tertiary/aromatic N) is 5. The molecule has 0 radical (unpaired) electrons. The summed E-state index contributed by atoms with van der Waals surface area (Å²) in [5, 5.41) is 8.74. The van der Waals surface area contributed by atoms with Crippen molar-refractivity contribution in [3.63, 3.8) is 0 Å². The molecule has 0 bridgehead atoms. The van der Waals surface area contributed by atoms with E-state index in [1.165, 1.54) is 0 Å². The molecular weight excluding hydrogens is 378 g/mol. The molecule has 0 aromatic carbocycles. The number of nitrogen functional groups attached to an aromatic ring is 1. The zero-order valence-electron chi connectivity index (χ0n) is 16.7. The van der Waals surface area contributed by atoms with Crippen LogP contribution in [0.25, 0.3) is 22.0 Å². The Kier molecular flexibility index (Phi) is 4.20. The van der Waals surface area contributed by atoms with Crippen LogP contribution in [0.15, 0.2) is 49.2 Å². The van der Waals surface area contributed by atoms with Crippen molar-refractivity contribution in [3.05, 3.63) is 60.3 Å². The molecule has 150 valence electrons. The van der Waals surface area contributed by atoms with E-state index in [1.54, 1.807) is 23.3 Å². The fourth-order valence-electron chi connectivity index (χ4n) is 3.82. The fraction of sp³-hybridized carbons (Fsp3) is 0.227.